The number of hydrogen-bond acceptors (Lipinski definition) is 4. The number of aryl methyl sites for hydroxylation is 1. The maximum absolute atomic E-state index is 6.27. The van der Waals surface area contributed by atoms with Gasteiger partial charge in [-0.3, -0.25) is 9.80 Å². The second-order valence-corrected chi connectivity index (χ2v) is 8.07. The number of nitrogens with zero attached hydrogens (tertiary/aromatic N) is 2. The van der Waals surface area contributed by atoms with Crippen LogP contribution in [0.3, 0.4) is 0 Å². The molecule has 3 aliphatic rings. The minimum absolute atomic E-state index is 0.411. The van der Waals surface area contributed by atoms with Gasteiger partial charge in [0.2, 0.25) is 0 Å². The topological polar surface area (TPSA) is 24.9 Å². The molecular weight excluding hydrogens is 312 g/mol. The van der Waals surface area contributed by atoms with Crippen LogP contribution in [0.15, 0.2) is 18.2 Å². The highest BCUT2D eigenvalue weighted by molar-refractivity contribution is 5.36. The summed E-state index contributed by atoms with van der Waals surface area (Å²) in [6.07, 6.45) is 5.52. The summed E-state index contributed by atoms with van der Waals surface area (Å²) in [5.74, 6) is 1.89. The molecular formula is C21H32N2O2. The van der Waals surface area contributed by atoms with Crippen LogP contribution in [0.25, 0.3) is 0 Å². The van der Waals surface area contributed by atoms with E-state index < -0.39 is 0 Å². The van der Waals surface area contributed by atoms with Gasteiger partial charge in [-0.25, -0.2) is 0 Å². The Morgan fingerprint density at radius 3 is 2.52 bits per heavy atom. The van der Waals surface area contributed by atoms with Crippen LogP contribution in [0, 0.1) is 12.8 Å². The second kappa shape index (κ2) is 8.07. The normalized spacial score (nSPS) is 28.0. The molecule has 3 fully saturated rings. The van der Waals surface area contributed by atoms with E-state index in [9.17, 15) is 0 Å². The summed E-state index contributed by atoms with van der Waals surface area (Å²) in [7, 11) is 0. The van der Waals surface area contributed by atoms with Gasteiger partial charge in [0.1, 0.15) is 5.75 Å². The zero-order valence-corrected chi connectivity index (χ0v) is 15.6. The maximum atomic E-state index is 6.27. The molecule has 1 saturated carbocycles. The minimum Gasteiger partial charge on any atom is -0.490 e. The lowest BCUT2D eigenvalue weighted by atomic mass is 9.81. The second-order valence-electron chi connectivity index (χ2n) is 8.07. The van der Waals surface area contributed by atoms with Crippen LogP contribution in [0.5, 0.6) is 5.75 Å². The Morgan fingerprint density at radius 1 is 1.04 bits per heavy atom. The van der Waals surface area contributed by atoms with Crippen molar-refractivity contribution in [2.24, 2.45) is 5.92 Å². The van der Waals surface area contributed by atoms with Crippen molar-refractivity contribution in [1.82, 2.24) is 9.80 Å². The fourth-order valence-electron chi connectivity index (χ4n) is 4.39. The van der Waals surface area contributed by atoms with E-state index in [1.165, 1.54) is 56.4 Å². The molecule has 138 valence electrons. The molecule has 0 N–H and O–H groups in total. The van der Waals surface area contributed by atoms with E-state index in [1.807, 2.05) is 0 Å². The molecule has 1 aromatic carbocycles. The number of ether oxygens (including phenoxy) is 2. The van der Waals surface area contributed by atoms with Gasteiger partial charge in [0.25, 0.3) is 0 Å². The zero-order valence-electron chi connectivity index (χ0n) is 15.6. The van der Waals surface area contributed by atoms with Crippen molar-refractivity contribution >= 4 is 0 Å². The van der Waals surface area contributed by atoms with Crippen LogP contribution >= 0.6 is 0 Å². The number of hydrogen-bond donors (Lipinski definition) is 0. The molecule has 2 saturated heterocycles. The van der Waals surface area contributed by atoms with Gasteiger partial charge in [-0.2, -0.15) is 0 Å². The summed E-state index contributed by atoms with van der Waals surface area (Å²) < 4.78 is 11.7. The molecule has 25 heavy (non-hydrogen) atoms. The van der Waals surface area contributed by atoms with E-state index >= 15 is 0 Å². The van der Waals surface area contributed by atoms with Crippen LogP contribution < -0.4 is 4.74 Å². The Kier molecular flexibility index (Phi) is 5.59. The summed E-state index contributed by atoms with van der Waals surface area (Å²) in [6, 6.07) is 6.76. The van der Waals surface area contributed by atoms with Gasteiger partial charge >= 0.3 is 0 Å². The monoisotopic (exact) mass is 344 g/mol. The fourth-order valence-corrected chi connectivity index (χ4v) is 4.39. The molecule has 0 amide bonds. The van der Waals surface area contributed by atoms with Gasteiger partial charge in [0.05, 0.1) is 19.3 Å². The summed E-state index contributed by atoms with van der Waals surface area (Å²) in [6.45, 7) is 11.0. The number of benzene rings is 1. The number of rotatable bonds is 6. The van der Waals surface area contributed by atoms with Crippen molar-refractivity contribution in [1.29, 1.82) is 0 Å². The van der Waals surface area contributed by atoms with Crippen molar-refractivity contribution in [2.45, 2.75) is 45.3 Å². The molecule has 0 spiro atoms. The predicted molar refractivity (Wildman–Crippen MR) is 100 cm³/mol. The number of morpholine rings is 1. The molecule has 1 aliphatic carbocycles. The van der Waals surface area contributed by atoms with Gasteiger partial charge < -0.3 is 9.47 Å². The molecule has 4 rings (SSSR count). The average molecular weight is 344 g/mol. The third-order valence-corrected chi connectivity index (χ3v) is 5.95. The van der Waals surface area contributed by atoms with E-state index in [0.29, 0.717) is 6.10 Å². The fraction of sp³-hybridized carbons (Fsp3) is 0.714. The highest BCUT2D eigenvalue weighted by atomic mass is 16.5. The van der Waals surface area contributed by atoms with E-state index in [4.69, 9.17) is 9.47 Å². The van der Waals surface area contributed by atoms with Gasteiger partial charge in [-0.05, 0) is 68.8 Å². The largest absolute Gasteiger partial charge is 0.490 e. The molecule has 1 aromatic rings. The first-order valence-electron chi connectivity index (χ1n) is 10.0. The van der Waals surface area contributed by atoms with E-state index in [0.717, 1.165) is 44.5 Å². The minimum atomic E-state index is 0.411. The SMILES string of the molecule is Cc1cc(CN2CCCC2)ccc1OC1CC(CN2CCOCC2)C1. The molecule has 0 aromatic heterocycles. The molecule has 2 heterocycles. The quantitative estimate of drug-likeness (QED) is 0.792. The van der Waals surface area contributed by atoms with Gasteiger partial charge in [0, 0.05) is 26.2 Å². The average Bonchev–Trinajstić information content (AvgIpc) is 3.09. The van der Waals surface area contributed by atoms with Crippen LogP contribution in [0.2, 0.25) is 0 Å². The predicted octanol–water partition coefficient (Wildman–Crippen LogP) is 3.08. The lowest BCUT2D eigenvalue weighted by Gasteiger charge is -2.39. The van der Waals surface area contributed by atoms with Crippen molar-refractivity contribution < 1.29 is 9.47 Å². The van der Waals surface area contributed by atoms with Crippen LogP contribution in [-0.2, 0) is 11.3 Å². The van der Waals surface area contributed by atoms with E-state index in [2.05, 4.69) is 34.9 Å². The summed E-state index contributed by atoms with van der Waals surface area (Å²) in [4.78, 5) is 5.10. The Morgan fingerprint density at radius 2 is 1.80 bits per heavy atom. The molecule has 0 unspecified atom stereocenters. The molecule has 4 heteroatoms. The highest BCUT2D eigenvalue weighted by Gasteiger charge is 2.32. The first-order chi connectivity index (χ1) is 12.3. The third-order valence-electron chi connectivity index (χ3n) is 5.95. The first-order valence-corrected chi connectivity index (χ1v) is 10.0. The standard InChI is InChI=1S/C21H32N2O2/c1-17-12-18(15-22-6-2-3-7-22)4-5-21(17)25-20-13-19(14-20)16-23-8-10-24-11-9-23/h4-5,12,19-20H,2-3,6-11,13-16H2,1H3. The zero-order chi connectivity index (χ0) is 17.1. The molecule has 4 nitrogen and oxygen atoms in total. The maximum Gasteiger partial charge on any atom is 0.122 e. The van der Waals surface area contributed by atoms with Crippen molar-refractivity contribution in [2.75, 3.05) is 45.9 Å². The van der Waals surface area contributed by atoms with Crippen LogP contribution in [-0.4, -0.2) is 61.8 Å². The molecule has 0 radical (unpaired) electrons. The Hall–Kier alpha value is -1.10. The van der Waals surface area contributed by atoms with Crippen molar-refractivity contribution in [3.05, 3.63) is 29.3 Å². The van der Waals surface area contributed by atoms with Crippen molar-refractivity contribution in [3.63, 3.8) is 0 Å². The molecule has 0 atom stereocenters. The lowest BCUT2D eigenvalue weighted by molar-refractivity contribution is -0.0000261. The highest BCUT2D eigenvalue weighted by Crippen LogP contribution is 2.33. The van der Waals surface area contributed by atoms with E-state index in [-0.39, 0.29) is 0 Å². The smallest absolute Gasteiger partial charge is 0.122 e. The van der Waals surface area contributed by atoms with Crippen LogP contribution in [0.4, 0.5) is 0 Å². The first kappa shape index (κ1) is 17.3. The Bertz CT molecular complexity index is 559. The lowest BCUT2D eigenvalue weighted by Crippen LogP contribution is -2.45. The van der Waals surface area contributed by atoms with Gasteiger partial charge in [-0.15, -0.1) is 0 Å². The summed E-state index contributed by atoms with van der Waals surface area (Å²) >= 11 is 0. The van der Waals surface area contributed by atoms with Crippen molar-refractivity contribution in [3.8, 4) is 5.75 Å². The molecule has 2 aliphatic heterocycles. The Labute approximate surface area is 152 Å². The van der Waals surface area contributed by atoms with Gasteiger partial charge in [0.15, 0.2) is 0 Å². The Balaban J connectivity index is 1.23. The van der Waals surface area contributed by atoms with Gasteiger partial charge in [-0.1, -0.05) is 12.1 Å². The summed E-state index contributed by atoms with van der Waals surface area (Å²) in [5.41, 5.74) is 2.71. The third kappa shape index (κ3) is 4.55. The molecule has 0 bridgehead atoms. The van der Waals surface area contributed by atoms with E-state index in [1.54, 1.807) is 0 Å². The number of likely N-dealkylation sites (tertiary alicyclic amines) is 1. The summed E-state index contributed by atoms with van der Waals surface area (Å²) in [5, 5.41) is 0. The van der Waals surface area contributed by atoms with Crippen LogP contribution in [0.1, 0.15) is 36.8 Å².